The maximum Gasteiger partial charge on any atom is 0.194 e. The molecule has 0 saturated heterocycles. The van der Waals surface area contributed by atoms with Crippen LogP contribution in [0.2, 0.25) is 0 Å². The molecule has 2 nitrogen and oxygen atoms in total. The van der Waals surface area contributed by atoms with E-state index in [1.807, 2.05) is 25.1 Å². The Kier molecular flexibility index (Phi) is 4.98. The van der Waals surface area contributed by atoms with Gasteiger partial charge in [-0.25, -0.2) is 0 Å². The summed E-state index contributed by atoms with van der Waals surface area (Å²) in [5.74, 6) is 0.745. The number of ether oxygens (including phenoxy) is 1. The average molecular weight is 274 g/mol. The number of hydrogen-bond donors (Lipinski definition) is 0. The summed E-state index contributed by atoms with van der Waals surface area (Å²) in [7, 11) is 0. The van der Waals surface area contributed by atoms with Crippen LogP contribution in [0.4, 0.5) is 0 Å². The molecule has 0 aromatic heterocycles. The maximum atomic E-state index is 13.0. The van der Waals surface area contributed by atoms with Crippen molar-refractivity contribution in [3.63, 3.8) is 0 Å². The van der Waals surface area contributed by atoms with Crippen LogP contribution in [0.25, 0.3) is 0 Å². The Morgan fingerprint density at radius 2 is 2.20 bits per heavy atom. The number of carbonyl (C=O) groups is 1. The molecule has 0 N–H and O–H groups in total. The van der Waals surface area contributed by atoms with Gasteiger partial charge in [-0.15, -0.1) is 0 Å². The van der Waals surface area contributed by atoms with Gasteiger partial charge in [-0.1, -0.05) is 38.5 Å². The second-order valence-corrected chi connectivity index (χ2v) is 6.01. The first-order chi connectivity index (χ1) is 9.61. The molecule has 20 heavy (non-hydrogen) atoms. The number of carbonyl (C=O) groups excluding carboxylic acids is 1. The quantitative estimate of drug-likeness (QED) is 0.743. The van der Waals surface area contributed by atoms with E-state index >= 15 is 0 Å². The smallest absolute Gasteiger partial charge is 0.194 e. The van der Waals surface area contributed by atoms with Gasteiger partial charge in [0.05, 0.1) is 0 Å². The molecule has 1 saturated carbocycles. The number of benzene rings is 1. The van der Waals surface area contributed by atoms with Crippen molar-refractivity contribution < 1.29 is 9.53 Å². The van der Waals surface area contributed by atoms with Crippen LogP contribution in [0.15, 0.2) is 24.3 Å². The van der Waals surface area contributed by atoms with E-state index < -0.39 is 5.60 Å². The minimum absolute atomic E-state index is 0.182. The predicted octanol–water partition coefficient (Wildman–Crippen LogP) is 4.42. The van der Waals surface area contributed by atoms with E-state index in [0.717, 1.165) is 31.2 Å². The van der Waals surface area contributed by atoms with Crippen molar-refractivity contribution in [2.45, 2.75) is 58.5 Å². The molecule has 110 valence electrons. The lowest BCUT2D eigenvalue weighted by molar-refractivity contribution is -0.0511. The minimum atomic E-state index is -0.585. The summed E-state index contributed by atoms with van der Waals surface area (Å²) < 4.78 is 5.98. The molecule has 0 radical (unpaired) electrons. The van der Waals surface area contributed by atoms with Crippen LogP contribution in [0.3, 0.4) is 0 Å². The van der Waals surface area contributed by atoms with E-state index in [-0.39, 0.29) is 5.78 Å². The largest absolute Gasteiger partial charge is 0.367 e. The van der Waals surface area contributed by atoms with E-state index in [4.69, 9.17) is 4.74 Å². The molecule has 2 unspecified atom stereocenters. The van der Waals surface area contributed by atoms with Gasteiger partial charge in [0, 0.05) is 12.2 Å². The first-order valence-electron chi connectivity index (χ1n) is 7.89. The monoisotopic (exact) mass is 274 g/mol. The van der Waals surface area contributed by atoms with Crippen molar-refractivity contribution in [3.8, 4) is 0 Å². The van der Waals surface area contributed by atoms with Crippen LogP contribution in [0, 0.1) is 5.92 Å². The average Bonchev–Trinajstić information content (AvgIpc) is 2.47. The van der Waals surface area contributed by atoms with E-state index in [9.17, 15) is 4.79 Å². The van der Waals surface area contributed by atoms with Gasteiger partial charge in [-0.05, 0) is 50.2 Å². The molecule has 1 aromatic carbocycles. The summed E-state index contributed by atoms with van der Waals surface area (Å²) in [6, 6.07) is 8.02. The van der Waals surface area contributed by atoms with E-state index in [1.54, 1.807) is 0 Å². The molecule has 2 atom stereocenters. The van der Waals surface area contributed by atoms with Crippen LogP contribution >= 0.6 is 0 Å². The summed E-state index contributed by atoms with van der Waals surface area (Å²) in [5.41, 5.74) is 1.44. The molecule has 0 amide bonds. The van der Waals surface area contributed by atoms with Gasteiger partial charge in [0.1, 0.15) is 5.60 Å². The van der Waals surface area contributed by atoms with Crippen molar-refractivity contribution in [2.24, 2.45) is 5.92 Å². The highest BCUT2D eigenvalue weighted by molar-refractivity contribution is 6.02. The zero-order valence-electron chi connectivity index (χ0n) is 12.9. The standard InChI is InChI=1S/C18H26O2/c1-4-15-9-6-10-16(12-15)17(19)18(20-5-2)11-7-8-14(3)13-18/h6,9-10,12,14H,4-5,7-8,11,13H2,1-3H3. The van der Waals surface area contributed by atoms with Crippen molar-refractivity contribution in [1.82, 2.24) is 0 Å². The van der Waals surface area contributed by atoms with Gasteiger partial charge < -0.3 is 4.74 Å². The zero-order chi connectivity index (χ0) is 14.6. The summed E-state index contributed by atoms with van der Waals surface area (Å²) in [4.78, 5) is 13.0. The van der Waals surface area contributed by atoms with Gasteiger partial charge in [-0.2, -0.15) is 0 Å². The molecule has 2 rings (SSSR count). The summed E-state index contributed by atoms with van der Waals surface area (Å²) >= 11 is 0. The lowest BCUT2D eigenvalue weighted by atomic mass is 9.74. The van der Waals surface area contributed by atoms with E-state index in [0.29, 0.717) is 12.5 Å². The Hall–Kier alpha value is -1.15. The molecule has 0 bridgehead atoms. The van der Waals surface area contributed by atoms with Gasteiger partial charge in [0.25, 0.3) is 0 Å². The first-order valence-corrected chi connectivity index (χ1v) is 7.89. The number of Topliss-reactive ketones (excluding diaryl/α,β-unsaturated/α-hetero) is 1. The Balaban J connectivity index is 2.30. The van der Waals surface area contributed by atoms with Crippen molar-refractivity contribution in [1.29, 1.82) is 0 Å². The Morgan fingerprint density at radius 3 is 2.85 bits per heavy atom. The van der Waals surface area contributed by atoms with Crippen molar-refractivity contribution >= 4 is 5.78 Å². The molecule has 0 heterocycles. The third-order valence-corrected chi connectivity index (χ3v) is 4.39. The molecular formula is C18H26O2. The minimum Gasteiger partial charge on any atom is -0.367 e. The second kappa shape index (κ2) is 6.53. The van der Waals surface area contributed by atoms with Gasteiger partial charge in [0.2, 0.25) is 0 Å². The normalized spacial score (nSPS) is 26.4. The molecule has 2 heteroatoms. The van der Waals surface area contributed by atoms with Crippen molar-refractivity contribution in [3.05, 3.63) is 35.4 Å². The Morgan fingerprint density at radius 1 is 1.40 bits per heavy atom. The Labute approximate surface area is 122 Å². The fourth-order valence-corrected chi connectivity index (χ4v) is 3.38. The maximum absolute atomic E-state index is 13.0. The second-order valence-electron chi connectivity index (χ2n) is 6.01. The molecule has 1 aliphatic rings. The highest BCUT2D eigenvalue weighted by Gasteiger charge is 2.42. The zero-order valence-corrected chi connectivity index (χ0v) is 12.9. The van der Waals surface area contributed by atoms with Gasteiger partial charge in [0.15, 0.2) is 5.78 Å². The van der Waals surface area contributed by atoms with Gasteiger partial charge >= 0.3 is 0 Å². The fraction of sp³-hybridized carbons (Fsp3) is 0.611. The third kappa shape index (κ3) is 3.12. The highest BCUT2D eigenvalue weighted by Crippen LogP contribution is 2.37. The third-order valence-electron chi connectivity index (χ3n) is 4.39. The molecule has 1 aliphatic carbocycles. The molecule has 0 spiro atoms. The lowest BCUT2D eigenvalue weighted by Gasteiger charge is -2.38. The molecular weight excluding hydrogens is 248 g/mol. The Bertz CT molecular complexity index is 462. The fourth-order valence-electron chi connectivity index (χ4n) is 3.38. The molecule has 1 fully saturated rings. The van der Waals surface area contributed by atoms with Crippen LogP contribution in [-0.4, -0.2) is 18.0 Å². The van der Waals surface area contributed by atoms with Crippen LogP contribution in [0.5, 0.6) is 0 Å². The predicted molar refractivity (Wildman–Crippen MR) is 82.1 cm³/mol. The van der Waals surface area contributed by atoms with Crippen LogP contribution in [0.1, 0.15) is 62.4 Å². The lowest BCUT2D eigenvalue weighted by Crippen LogP contribution is -2.45. The first kappa shape index (κ1) is 15.2. The van der Waals surface area contributed by atoms with Crippen LogP contribution < -0.4 is 0 Å². The molecule has 1 aromatic rings. The van der Waals surface area contributed by atoms with Crippen molar-refractivity contribution in [2.75, 3.05) is 6.61 Å². The van der Waals surface area contributed by atoms with Crippen LogP contribution in [-0.2, 0) is 11.2 Å². The summed E-state index contributed by atoms with van der Waals surface area (Å²) in [5, 5.41) is 0. The highest BCUT2D eigenvalue weighted by atomic mass is 16.5. The summed E-state index contributed by atoms with van der Waals surface area (Å²) in [6.07, 6.45) is 4.97. The molecule has 0 aliphatic heterocycles. The SMILES string of the molecule is CCOC1(C(=O)c2cccc(CC)c2)CCCC(C)C1. The summed E-state index contributed by atoms with van der Waals surface area (Å²) in [6.45, 7) is 6.93. The van der Waals surface area contributed by atoms with E-state index in [1.165, 1.54) is 12.0 Å². The number of ketones is 1. The van der Waals surface area contributed by atoms with Gasteiger partial charge in [-0.3, -0.25) is 4.79 Å². The topological polar surface area (TPSA) is 26.3 Å². The van der Waals surface area contributed by atoms with E-state index in [2.05, 4.69) is 19.9 Å². The number of hydrogen-bond acceptors (Lipinski definition) is 2. The number of aryl methyl sites for hydroxylation is 1. The number of rotatable bonds is 5.